The van der Waals surface area contributed by atoms with Crippen LogP contribution in [0.4, 0.5) is 0 Å². The van der Waals surface area contributed by atoms with Crippen LogP contribution in [0.5, 0.6) is 0 Å². The number of hydrogen-bond donors (Lipinski definition) is 0. The van der Waals surface area contributed by atoms with Crippen LogP contribution in [0.1, 0.15) is 48.9 Å². The molecule has 2 fully saturated rings. The molecule has 3 nitrogen and oxygen atoms in total. The van der Waals surface area contributed by atoms with Crippen molar-refractivity contribution in [1.29, 1.82) is 0 Å². The predicted octanol–water partition coefficient (Wildman–Crippen LogP) is 3.20. The number of rotatable bonds is 2. The van der Waals surface area contributed by atoms with Gasteiger partial charge in [0.05, 0.1) is 17.4 Å². The monoisotopic (exact) mass is 234 g/mol. The summed E-state index contributed by atoms with van der Waals surface area (Å²) < 4.78 is 10.9. The maximum absolute atomic E-state index is 12.3. The second kappa shape index (κ2) is 4.30. The molecule has 1 spiro atoms. The lowest BCUT2D eigenvalue weighted by Crippen LogP contribution is -2.39. The molecule has 92 valence electrons. The van der Waals surface area contributed by atoms with E-state index < -0.39 is 0 Å². The van der Waals surface area contributed by atoms with Gasteiger partial charge in [-0.25, -0.2) is 0 Å². The van der Waals surface area contributed by atoms with Crippen molar-refractivity contribution in [3.63, 3.8) is 0 Å². The summed E-state index contributed by atoms with van der Waals surface area (Å²) in [5.74, 6) is 0.354. The largest absolute Gasteiger partial charge is 0.472 e. The second-order valence-electron chi connectivity index (χ2n) is 5.30. The quantitative estimate of drug-likeness (QED) is 0.738. The average Bonchev–Trinajstić information content (AvgIpc) is 3.00. The van der Waals surface area contributed by atoms with Gasteiger partial charge in [-0.2, -0.15) is 0 Å². The molecule has 3 heteroatoms. The molecule has 1 saturated carbocycles. The van der Waals surface area contributed by atoms with E-state index in [-0.39, 0.29) is 17.3 Å². The fourth-order valence-electron chi connectivity index (χ4n) is 3.26. The Morgan fingerprint density at radius 3 is 2.88 bits per heavy atom. The van der Waals surface area contributed by atoms with Crippen molar-refractivity contribution in [3.05, 3.63) is 24.2 Å². The lowest BCUT2D eigenvalue weighted by Gasteiger charge is -2.37. The van der Waals surface area contributed by atoms with Crippen molar-refractivity contribution in [2.45, 2.75) is 44.1 Å². The molecular formula is C14H18O3. The SMILES string of the molecule is O=C(c1ccoc1)C1CCOC2(CCCC2)C1. The Kier molecular flexibility index (Phi) is 2.79. The molecule has 17 heavy (non-hydrogen) atoms. The van der Waals surface area contributed by atoms with Gasteiger partial charge in [0.1, 0.15) is 6.26 Å². The van der Waals surface area contributed by atoms with Crippen LogP contribution in [0.15, 0.2) is 23.0 Å². The van der Waals surface area contributed by atoms with Crippen molar-refractivity contribution in [2.75, 3.05) is 6.61 Å². The summed E-state index contributed by atoms with van der Waals surface area (Å²) in [6, 6.07) is 1.76. The first kappa shape index (κ1) is 11.0. The number of ether oxygens (including phenoxy) is 1. The normalized spacial score (nSPS) is 27.4. The highest BCUT2D eigenvalue weighted by Gasteiger charge is 2.42. The third-order valence-electron chi connectivity index (χ3n) is 4.18. The van der Waals surface area contributed by atoms with Gasteiger partial charge in [-0.3, -0.25) is 4.79 Å². The minimum absolute atomic E-state index is 0.0162. The van der Waals surface area contributed by atoms with Crippen molar-refractivity contribution < 1.29 is 13.9 Å². The molecule has 0 N–H and O–H groups in total. The van der Waals surface area contributed by atoms with E-state index in [0.717, 1.165) is 32.3 Å². The van der Waals surface area contributed by atoms with Gasteiger partial charge < -0.3 is 9.15 Å². The Morgan fingerprint density at radius 2 is 2.18 bits per heavy atom. The molecule has 1 aromatic heterocycles. The van der Waals surface area contributed by atoms with Crippen molar-refractivity contribution in [2.24, 2.45) is 5.92 Å². The first-order chi connectivity index (χ1) is 8.29. The highest BCUT2D eigenvalue weighted by atomic mass is 16.5. The highest BCUT2D eigenvalue weighted by Crippen LogP contribution is 2.42. The fourth-order valence-corrected chi connectivity index (χ4v) is 3.26. The molecule has 0 aromatic carbocycles. The van der Waals surface area contributed by atoms with Gasteiger partial charge in [0.2, 0.25) is 0 Å². The zero-order valence-corrected chi connectivity index (χ0v) is 9.98. The summed E-state index contributed by atoms with van der Waals surface area (Å²) in [7, 11) is 0. The zero-order valence-electron chi connectivity index (χ0n) is 9.98. The van der Waals surface area contributed by atoms with E-state index in [0.29, 0.717) is 5.56 Å². The predicted molar refractivity (Wildman–Crippen MR) is 62.9 cm³/mol. The van der Waals surface area contributed by atoms with Crippen molar-refractivity contribution >= 4 is 5.78 Å². The first-order valence-electron chi connectivity index (χ1n) is 6.49. The molecule has 1 atom stereocenters. The molecule has 1 aliphatic carbocycles. The molecule has 1 unspecified atom stereocenters. The van der Waals surface area contributed by atoms with Gasteiger partial charge in [-0.15, -0.1) is 0 Å². The van der Waals surface area contributed by atoms with Crippen LogP contribution in [-0.2, 0) is 4.74 Å². The van der Waals surface area contributed by atoms with Crippen molar-refractivity contribution in [1.82, 2.24) is 0 Å². The number of carbonyl (C=O) groups is 1. The van der Waals surface area contributed by atoms with Gasteiger partial charge in [0.15, 0.2) is 5.78 Å². The van der Waals surface area contributed by atoms with Crippen LogP contribution in [-0.4, -0.2) is 18.0 Å². The van der Waals surface area contributed by atoms with Crippen LogP contribution >= 0.6 is 0 Å². The molecule has 2 aliphatic rings. The van der Waals surface area contributed by atoms with Crippen LogP contribution in [0, 0.1) is 5.92 Å². The van der Waals surface area contributed by atoms with Gasteiger partial charge in [0, 0.05) is 12.5 Å². The Bertz CT molecular complexity index is 388. The molecule has 0 amide bonds. The molecule has 3 rings (SSSR count). The van der Waals surface area contributed by atoms with Crippen molar-refractivity contribution in [3.8, 4) is 0 Å². The fraction of sp³-hybridized carbons (Fsp3) is 0.643. The number of Topliss-reactive ketones (excluding diaryl/α,β-unsaturated/α-hetero) is 1. The Hall–Kier alpha value is -1.09. The summed E-state index contributed by atoms with van der Waals surface area (Å²) in [5.41, 5.74) is 0.729. The maximum atomic E-state index is 12.3. The molecule has 1 aromatic rings. The van der Waals surface area contributed by atoms with Crippen LogP contribution in [0.3, 0.4) is 0 Å². The lowest BCUT2D eigenvalue weighted by atomic mass is 9.81. The van der Waals surface area contributed by atoms with E-state index in [9.17, 15) is 4.79 Å². The lowest BCUT2D eigenvalue weighted by molar-refractivity contribution is -0.0866. The standard InChI is InChI=1S/C14H18O3/c15-13(12-3-7-16-10-12)11-4-8-17-14(9-11)5-1-2-6-14/h3,7,10-11H,1-2,4-6,8-9H2. The summed E-state index contributed by atoms with van der Waals surface area (Å²) in [4.78, 5) is 12.3. The molecule has 1 aliphatic heterocycles. The van der Waals surface area contributed by atoms with E-state index in [1.807, 2.05) is 0 Å². The topological polar surface area (TPSA) is 39.4 Å². The summed E-state index contributed by atoms with van der Waals surface area (Å²) >= 11 is 0. The molecule has 1 saturated heterocycles. The van der Waals surface area contributed by atoms with Crippen LogP contribution in [0.25, 0.3) is 0 Å². The van der Waals surface area contributed by atoms with E-state index >= 15 is 0 Å². The molecule has 2 heterocycles. The maximum Gasteiger partial charge on any atom is 0.169 e. The Morgan fingerprint density at radius 1 is 1.35 bits per heavy atom. The van der Waals surface area contributed by atoms with Crippen LogP contribution < -0.4 is 0 Å². The number of hydrogen-bond acceptors (Lipinski definition) is 3. The smallest absolute Gasteiger partial charge is 0.169 e. The minimum Gasteiger partial charge on any atom is -0.472 e. The molecular weight excluding hydrogens is 216 g/mol. The van der Waals surface area contributed by atoms with E-state index in [1.54, 1.807) is 18.6 Å². The van der Waals surface area contributed by atoms with Gasteiger partial charge in [0.25, 0.3) is 0 Å². The number of furan rings is 1. The average molecular weight is 234 g/mol. The van der Waals surface area contributed by atoms with Crippen LogP contribution in [0.2, 0.25) is 0 Å². The van der Waals surface area contributed by atoms with E-state index in [1.165, 1.54) is 12.8 Å². The second-order valence-corrected chi connectivity index (χ2v) is 5.30. The highest BCUT2D eigenvalue weighted by molar-refractivity contribution is 5.97. The molecule has 0 bridgehead atoms. The van der Waals surface area contributed by atoms with Gasteiger partial charge in [-0.1, -0.05) is 12.8 Å². The summed E-state index contributed by atoms with van der Waals surface area (Å²) in [6.45, 7) is 0.730. The van der Waals surface area contributed by atoms with E-state index in [4.69, 9.17) is 9.15 Å². The van der Waals surface area contributed by atoms with E-state index in [2.05, 4.69) is 0 Å². The third-order valence-corrected chi connectivity index (χ3v) is 4.18. The summed E-state index contributed by atoms with van der Waals surface area (Å²) in [5, 5.41) is 0. The number of carbonyl (C=O) groups excluding carboxylic acids is 1. The Balaban J connectivity index is 1.73. The third kappa shape index (κ3) is 2.04. The summed E-state index contributed by atoms with van der Waals surface area (Å²) in [6.07, 6.45) is 9.61. The number of ketones is 1. The first-order valence-corrected chi connectivity index (χ1v) is 6.49. The minimum atomic E-state index is 0.0162. The van der Waals surface area contributed by atoms with Gasteiger partial charge >= 0.3 is 0 Å². The zero-order chi connectivity index (χ0) is 11.7. The Labute approximate surface area is 101 Å². The molecule has 0 radical (unpaired) electrons. The van der Waals surface area contributed by atoms with Gasteiger partial charge in [-0.05, 0) is 31.7 Å².